The Balaban J connectivity index is 1.91. The van der Waals surface area contributed by atoms with Gasteiger partial charge >= 0.3 is 6.36 Å². The molecule has 0 fully saturated rings. The molecule has 1 atom stereocenters. The molecule has 0 aliphatic heterocycles. The number of nitrogens with one attached hydrogen (secondary N) is 1. The monoisotopic (exact) mass is 285 g/mol. The van der Waals surface area contributed by atoms with Crippen LogP contribution in [0.15, 0.2) is 47.1 Å². The summed E-state index contributed by atoms with van der Waals surface area (Å²) >= 11 is 0. The first-order valence-electron chi connectivity index (χ1n) is 6.05. The Morgan fingerprint density at radius 3 is 2.45 bits per heavy atom. The zero-order valence-corrected chi connectivity index (χ0v) is 10.8. The summed E-state index contributed by atoms with van der Waals surface area (Å²) in [6, 6.07) is 9.43. The molecule has 6 heteroatoms. The number of halogens is 3. The van der Waals surface area contributed by atoms with E-state index in [1.54, 1.807) is 24.5 Å². The topological polar surface area (TPSA) is 34.4 Å². The second-order valence-corrected chi connectivity index (χ2v) is 4.30. The minimum absolute atomic E-state index is 0.0139. The Morgan fingerprint density at radius 1 is 1.20 bits per heavy atom. The molecule has 0 saturated carbocycles. The summed E-state index contributed by atoms with van der Waals surface area (Å²) < 4.78 is 45.1. The first-order valence-corrected chi connectivity index (χ1v) is 6.05. The summed E-state index contributed by atoms with van der Waals surface area (Å²) in [4.78, 5) is 0. The van der Waals surface area contributed by atoms with Gasteiger partial charge in [-0.25, -0.2) is 0 Å². The summed E-state index contributed by atoms with van der Waals surface area (Å²) in [7, 11) is 0. The summed E-state index contributed by atoms with van der Waals surface area (Å²) in [6.07, 6.45) is -3.07. The van der Waals surface area contributed by atoms with Crippen LogP contribution in [0.4, 0.5) is 13.2 Å². The molecule has 0 aliphatic rings. The Morgan fingerprint density at radius 2 is 1.90 bits per heavy atom. The third-order valence-electron chi connectivity index (χ3n) is 2.78. The fraction of sp³-hybridized carbons (Fsp3) is 0.286. The van der Waals surface area contributed by atoms with Crippen LogP contribution in [0.25, 0.3) is 0 Å². The van der Waals surface area contributed by atoms with Crippen molar-refractivity contribution in [1.82, 2.24) is 5.32 Å². The average molecular weight is 285 g/mol. The smallest absolute Gasteiger partial charge is 0.468 e. The number of rotatable bonds is 5. The normalized spacial score (nSPS) is 13.2. The molecule has 0 aliphatic carbocycles. The molecule has 1 unspecified atom stereocenters. The van der Waals surface area contributed by atoms with Crippen molar-refractivity contribution in [1.29, 1.82) is 0 Å². The lowest BCUT2D eigenvalue weighted by Gasteiger charge is -2.14. The van der Waals surface area contributed by atoms with E-state index in [2.05, 4.69) is 10.1 Å². The number of alkyl halides is 3. The number of ether oxygens (including phenoxy) is 1. The molecule has 1 N–H and O–H groups in total. The van der Waals surface area contributed by atoms with Gasteiger partial charge in [-0.3, -0.25) is 0 Å². The predicted molar refractivity (Wildman–Crippen MR) is 67.1 cm³/mol. The molecule has 1 aromatic heterocycles. The molecular formula is C14H14F3NO2. The zero-order chi connectivity index (χ0) is 14.6. The molecule has 2 rings (SSSR count). The Hall–Kier alpha value is -1.95. The van der Waals surface area contributed by atoms with Gasteiger partial charge in [0.2, 0.25) is 0 Å². The fourth-order valence-electron chi connectivity index (χ4n) is 1.74. The van der Waals surface area contributed by atoms with Crippen molar-refractivity contribution in [3.8, 4) is 5.75 Å². The van der Waals surface area contributed by atoms with E-state index in [-0.39, 0.29) is 11.8 Å². The van der Waals surface area contributed by atoms with Gasteiger partial charge in [-0.1, -0.05) is 12.1 Å². The van der Waals surface area contributed by atoms with Crippen LogP contribution in [0.2, 0.25) is 0 Å². The van der Waals surface area contributed by atoms with E-state index in [4.69, 9.17) is 4.42 Å². The second kappa shape index (κ2) is 6.00. The van der Waals surface area contributed by atoms with Crippen molar-refractivity contribution in [2.75, 3.05) is 0 Å². The highest BCUT2D eigenvalue weighted by molar-refractivity contribution is 5.29. The molecular weight excluding hydrogens is 271 g/mol. The molecule has 0 radical (unpaired) electrons. The Bertz CT molecular complexity index is 520. The van der Waals surface area contributed by atoms with Gasteiger partial charge < -0.3 is 14.5 Å². The maximum atomic E-state index is 12.0. The molecule has 0 saturated heterocycles. The van der Waals surface area contributed by atoms with Gasteiger partial charge in [0, 0.05) is 6.04 Å². The molecule has 0 bridgehead atoms. The average Bonchev–Trinajstić information content (AvgIpc) is 2.88. The maximum absolute atomic E-state index is 12.0. The molecule has 0 spiro atoms. The van der Waals surface area contributed by atoms with Crippen molar-refractivity contribution < 1.29 is 22.3 Å². The van der Waals surface area contributed by atoms with E-state index >= 15 is 0 Å². The van der Waals surface area contributed by atoms with Crippen molar-refractivity contribution in [2.24, 2.45) is 0 Å². The van der Waals surface area contributed by atoms with E-state index in [0.717, 1.165) is 11.3 Å². The minimum atomic E-state index is -4.66. The SMILES string of the molecule is CC(NCc1ccco1)c1ccc(OC(F)(F)F)cc1. The van der Waals surface area contributed by atoms with Crippen molar-refractivity contribution >= 4 is 0 Å². The highest BCUT2D eigenvalue weighted by Gasteiger charge is 2.30. The summed E-state index contributed by atoms with van der Waals surface area (Å²) in [5, 5.41) is 3.21. The Labute approximate surface area is 114 Å². The van der Waals surface area contributed by atoms with Crippen LogP contribution in [0, 0.1) is 0 Å². The van der Waals surface area contributed by atoms with Crippen LogP contribution in [0.1, 0.15) is 24.3 Å². The lowest BCUT2D eigenvalue weighted by atomic mass is 10.1. The van der Waals surface area contributed by atoms with Gasteiger partial charge in [0.05, 0.1) is 12.8 Å². The van der Waals surface area contributed by atoms with E-state index in [1.807, 2.05) is 13.0 Å². The predicted octanol–water partition coefficient (Wildman–Crippen LogP) is 4.03. The third kappa shape index (κ3) is 4.31. The number of hydrogen-bond acceptors (Lipinski definition) is 3. The van der Waals surface area contributed by atoms with Crippen LogP contribution in [-0.4, -0.2) is 6.36 Å². The van der Waals surface area contributed by atoms with E-state index in [9.17, 15) is 13.2 Å². The van der Waals surface area contributed by atoms with Gasteiger partial charge in [-0.05, 0) is 36.8 Å². The summed E-state index contributed by atoms with van der Waals surface area (Å²) in [6.45, 7) is 2.47. The van der Waals surface area contributed by atoms with Crippen LogP contribution >= 0.6 is 0 Å². The molecule has 20 heavy (non-hydrogen) atoms. The molecule has 108 valence electrons. The molecule has 1 heterocycles. The van der Waals surface area contributed by atoms with Crippen molar-refractivity contribution in [2.45, 2.75) is 25.9 Å². The molecule has 3 nitrogen and oxygen atoms in total. The fourth-order valence-corrected chi connectivity index (χ4v) is 1.74. The minimum Gasteiger partial charge on any atom is -0.468 e. The first kappa shape index (κ1) is 14.5. The van der Waals surface area contributed by atoms with E-state index < -0.39 is 6.36 Å². The third-order valence-corrected chi connectivity index (χ3v) is 2.78. The largest absolute Gasteiger partial charge is 0.573 e. The molecule has 2 aromatic rings. The van der Waals surface area contributed by atoms with Gasteiger partial charge in [0.1, 0.15) is 11.5 Å². The number of furan rings is 1. The highest BCUT2D eigenvalue weighted by atomic mass is 19.4. The lowest BCUT2D eigenvalue weighted by molar-refractivity contribution is -0.274. The standard InChI is InChI=1S/C14H14F3NO2/c1-10(18-9-13-3-2-8-19-13)11-4-6-12(7-5-11)20-14(15,16)17/h2-8,10,18H,9H2,1H3. The van der Waals surface area contributed by atoms with Crippen LogP contribution in [0.3, 0.4) is 0 Å². The maximum Gasteiger partial charge on any atom is 0.573 e. The quantitative estimate of drug-likeness (QED) is 0.900. The summed E-state index contributed by atoms with van der Waals surface area (Å²) in [5.41, 5.74) is 0.867. The van der Waals surface area contributed by atoms with Gasteiger partial charge in [0.25, 0.3) is 0 Å². The van der Waals surface area contributed by atoms with E-state index in [0.29, 0.717) is 6.54 Å². The van der Waals surface area contributed by atoms with Crippen LogP contribution < -0.4 is 10.1 Å². The molecule has 1 aromatic carbocycles. The van der Waals surface area contributed by atoms with Crippen molar-refractivity contribution in [3.63, 3.8) is 0 Å². The summed E-state index contributed by atoms with van der Waals surface area (Å²) in [5.74, 6) is 0.577. The first-order chi connectivity index (χ1) is 9.44. The van der Waals surface area contributed by atoms with E-state index in [1.165, 1.54) is 12.1 Å². The Kier molecular flexibility index (Phi) is 4.34. The van der Waals surface area contributed by atoms with Gasteiger partial charge in [-0.2, -0.15) is 0 Å². The van der Waals surface area contributed by atoms with Crippen LogP contribution in [0.5, 0.6) is 5.75 Å². The van der Waals surface area contributed by atoms with Crippen molar-refractivity contribution in [3.05, 3.63) is 54.0 Å². The zero-order valence-electron chi connectivity index (χ0n) is 10.8. The van der Waals surface area contributed by atoms with Gasteiger partial charge in [-0.15, -0.1) is 13.2 Å². The molecule has 0 amide bonds. The highest BCUT2D eigenvalue weighted by Crippen LogP contribution is 2.24. The number of benzene rings is 1. The second-order valence-electron chi connectivity index (χ2n) is 4.30. The van der Waals surface area contributed by atoms with Gasteiger partial charge in [0.15, 0.2) is 0 Å². The van der Waals surface area contributed by atoms with Crippen LogP contribution in [-0.2, 0) is 6.54 Å². The number of hydrogen-bond donors (Lipinski definition) is 1. The lowest BCUT2D eigenvalue weighted by Crippen LogP contribution is -2.18.